The Kier molecular flexibility index (Phi) is 7.20. The second-order valence-corrected chi connectivity index (χ2v) is 8.07. The number of hydrogen-bond donors (Lipinski definition) is 2. The van der Waals surface area contributed by atoms with Crippen LogP contribution in [0.1, 0.15) is 55.2 Å². The van der Waals surface area contributed by atoms with Crippen LogP contribution in [0.5, 0.6) is 0 Å². The Bertz CT molecular complexity index is 663. The van der Waals surface area contributed by atoms with Gasteiger partial charge >= 0.3 is 0 Å². The van der Waals surface area contributed by atoms with Crippen molar-refractivity contribution in [3.63, 3.8) is 0 Å². The van der Waals surface area contributed by atoms with Crippen molar-refractivity contribution >= 4 is 11.9 Å². The Morgan fingerprint density at radius 1 is 1.32 bits per heavy atom. The maximum absolute atomic E-state index is 13.1. The maximum atomic E-state index is 13.1. The maximum Gasteiger partial charge on any atom is 0.272 e. The number of nitrogens with two attached hydrogens (primary N) is 1. The van der Waals surface area contributed by atoms with Crippen molar-refractivity contribution in [1.29, 1.82) is 0 Å². The summed E-state index contributed by atoms with van der Waals surface area (Å²) in [5.74, 6) is 0.591. The van der Waals surface area contributed by atoms with Crippen LogP contribution in [0.2, 0.25) is 0 Å². The molecular weight excluding hydrogens is 358 g/mol. The zero-order valence-electron chi connectivity index (χ0n) is 17.0. The van der Waals surface area contributed by atoms with Gasteiger partial charge in [-0.05, 0) is 37.2 Å². The highest BCUT2D eigenvalue weighted by Gasteiger charge is 2.35. The number of nitrogen functional groups attached to an aromatic ring is 1. The quantitative estimate of drug-likeness (QED) is 0.748. The van der Waals surface area contributed by atoms with Crippen LogP contribution in [-0.2, 0) is 4.74 Å². The lowest BCUT2D eigenvalue weighted by Crippen LogP contribution is -2.55. The number of ether oxygens (including phenoxy) is 1. The number of likely N-dealkylation sites (tertiary alicyclic amines) is 1. The van der Waals surface area contributed by atoms with Crippen LogP contribution in [-0.4, -0.2) is 82.8 Å². The van der Waals surface area contributed by atoms with E-state index in [4.69, 9.17) is 10.5 Å². The Morgan fingerprint density at radius 2 is 2.07 bits per heavy atom. The van der Waals surface area contributed by atoms with E-state index >= 15 is 0 Å². The SMILES string of the molecule is CC(C)c1cc(C(=O)N2CC[C@H](N3CCOCC3)[C@H](CCCO)C2)nc(N)n1. The smallest absolute Gasteiger partial charge is 0.272 e. The van der Waals surface area contributed by atoms with Crippen molar-refractivity contribution in [2.24, 2.45) is 5.92 Å². The van der Waals surface area contributed by atoms with Crippen molar-refractivity contribution in [2.45, 2.75) is 45.1 Å². The molecule has 0 spiro atoms. The number of morpholine rings is 1. The Balaban J connectivity index is 1.73. The molecule has 1 amide bonds. The molecule has 3 rings (SSSR count). The number of nitrogens with zero attached hydrogens (tertiary/aromatic N) is 4. The van der Waals surface area contributed by atoms with Gasteiger partial charge in [0.1, 0.15) is 5.69 Å². The predicted octanol–water partition coefficient (Wildman–Crippen LogP) is 1.12. The number of rotatable bonds is 6. The number of carbonyl (C=O) groups excluding carboxylic acids is 1. The third kappa shape index (κ3) is 4.98. The minimum absolute atomic E-state index is 0.0783. The molecule has 2 aliphatic heterocycles. The molecule has 1 aromatic heterocycles. The van der Waals surface area contributed by atoms with Gasteiger partial charge in [0.05, 0.1) is 13.2 Å². The molecule has 2 fully saturated rings. The predicted molar refractivity (Wildman–Crippen MR) is 107 cm³/mol. The molecule has 156 valence electrons. The molecule has 1 aromatic rings. The number of aliphatic hydroxyl groups excluding tert-OH is 1. The van der Waals surface area contributed by atoms with E-state index in [0.29, 0.717) is 30.7 Å². The van der Waals surface area contributed by atoms with Crippen LogP contribution in [0.25, 0.3) is 0 Å². The molecule has 8 heteroatoms. The number of aromatic nitrogens is 2. The van der Waals surface area contributed by atoms with Gasteiger partial charge < -0.3 is 20.5 Å². The van der Waals surface area contributed by atoms with Gasteiger partial charge in [-0.25, -0.2) is 9.97 Å². The van der Waals surface area contributed by atoms with Crippen LogP contribution in [0.4, 0.5) is 5.95 Å². The monoisotopic (exact) mass is 391 g/mol. The molecule has 2 saturated heterocycles. The van der Waals surface area contributed by atoms with E-state index in [0.717, 1.165) is 51.3 Å². The fourth-order valence-corrected chi connectivity index (χ4v) is 4.28. The van der Waals surface area contributed by atoms with Gasteiger partial charge in [0.15, 0.2) is 0 Å². The first-order chi connectivity index (χ1) is 13.5. The average molecular weight is 392 g/mol. The summed E-state index contributed by atoms with van der Waals surface area (Å²) < 4.78 is 5.49. The van der Waals surface area contributed by atoms with E-state index in [2.05, 4.69) is 14.9 Å². The largest absolute Gasteiger partial charge is 0.396 e. The second-order valence-electron chi connectivity index (χ2n) is 8.07. The minimum atomic E-state index is -0.0783. The molecule has 3 N–H and O–H groups in total. The summed E-state index contributed by atoms with van der Waals surface area (Å²) in [6, 6.07) is 2.20. The molecule has 0 saturated carbocycles. The molecule has 0 bridgehead atoms. The third-order valence-corrected chi connectivity index (χ3v) is 5.80. The summed E-state index contributed by atoms with van der Waals surface area (Å²) in [6.07, 6.45) is 2.59. The van der Waals surface area contributed by atoms with E-state index in [1.54, 1.807) is 6.07 Å². The van der Waals surface area contributed by atoms with Gasteiger partial charge in [-0.3, -0.25) is 9.69 Å². The number of amides is 1. The molecule has 8 nitrogen and oxygen atoms in total. The highest BCUT2D eigenvalue weighted by atomic mass is 16.5. The first-order valence-electron chi connectivity index (χ1n) is 10.4. The van der Waals surface area contributed by atoms with Crippen LogP contribution >= 0.6 is 0 Å². The van der Waals surface area contributed by atoms with Gasteiger partial charge in [-0.2, -0.15) is 0 Å². The summed E-state index contributed by atoms with van der Waals surface area (Å²) in [4.78, 5) is 25.9. The van der Waals surface area contributed by atoms with Crippen molar-refractivity contribution in [3.8, 4) is 0 Å². The Hall–Kier alpha value is -1.77. The summed E-state index contributed by atoms with van der Waals surface area (Å²) in [5, 5.41) is 9.31. The van der Waals surface area contributed by atoms with Crippen LogP contribution in [0.15, 0.2) is 6.07 Å². The lowest BCUT2D eigenvalue weighted by atomic mass is 9.86. The van der Waals surface area contributed by atoms with Gasteiger partial charge in [-0.1, -0.05) is 13.8 Å². The van der Waals surface area contributed by atoms with Crippen molar-refractivity contribution in [1.82, 2.24) is 19.8 Å². The van der Waals surface area contributed by atoms with Crippen LogP contribution in [0, 0.1) is 5.92 Å². The zero-order valence-corrected chi connectivity index (χ0v) is 17.0. The molecule has 0 unspecified atom stereocenters. The van der Waals surface area contributed by atoms with Crippen LogP contribution < -0.4 is 5.73 Å². The van der Waals surface area contributed by atoms with Gasteiger partial charge in [0.25, 0.3) is 5.91 Å². The number of aliphatic hydroxyl groups is 1. The van der Waals surface area contributed by atoms with E-state index in [9.17, 15) is 9.90 Å². The summed E-state index contributed by atoms with van der Waals surface area (Å²) in [7, 11) is 0. The number of piperidine rings is 1. The average Bonchev–Trinajstić information content (AvgIpc) is 2.71. The van der Waals surface area contributed by atoms with E-state index < -0.39 is 0 Å². The first kappa shape index (κ1) is 21.0. The highest BCUT2D eigenvalue weighted by molar-refractivity contribution is 5.92. The first-order valence-corrected chi connectivity index (χ1v) is 10.4. The Morgan fingerprint density at radius 3 is 2.75 bits per heavy atom. The van der Waals surface area contributed by atoms with Crippen molar-refractivity contribution in [2.75, 3.05) is 51.7 Å². The van der Waals surface area contributed by atoms with E-state index in [1.165, 1.54) is 0 Å². The van der Waals surface area contributed by atoms with Crippen LogP contribution in [0.3, 0.4) is 0 Å². The lowest BCUT2D eigenvalue weighted by molar-refractivity contribution is -0.0197. The second kappa shape index (κ2) is 9.62. The molecule has 2 aliphatic rings. The summed E-state index contributed by atoms with van der Waals surface area (Å²) in [5.41, 5.74) is 7.00. The standard InChI is InChI=1S/C20H33N5O3/c1-14(2)16-12-17(23-20(21)22-16)19(27)25-6-5-18(15(13-25)4-3-9-26)24-7-10-28-11-8-24/h12,14-15,18,26H,3-11,13H2,1-2H3,(H2,21,22,23)/t15-,18+/m1/s1. The summed E-state index contributed by atoms with van der Waals surface area (Å²) in [6.45, 7) is 9.03. The lowest BCUT2D eigenvalue weighted by Gasteiger charge is -2.45. The molecule has 2 atom stereocenters. The Labute approximate surface area is 167 Å². The number of carbonyl (C=O) groups is 1. The summed E-state index contributed by atoms with van der Waals surface area (Å²) >= 11 is 0. The molecule has 0 aliphatic carbocycles. The molecule has 28 heavy (non-hydrogen) atoms. The minimum Gasteiger partial charge on any atom is -0.396 e. The fourth-order valence-electron chi connectivity index (χ4n) is 4.28. The fraction of sp³-hybridized carbons (Fsp3) is 0.750. The molecule has 0 radical (unpaired) electrons. The normalized spacial score (nSPS) is 23.9. The van der Waals surface area contributed by atoms with Gasteiger partial charge in [0, 0.05) is 44.5 Å². The van der Waals surface area contributed by atoms with E-state index in [1.807, 2.05) is 18.7 Å². The number of anilines is 1. The third-order valence-electron chi connectivity index (χ3n) is 5.80. The number of hydrogen-bond acceptors (Lipinski definition) is 7. The molecular formula is C20H33N5O3. The van der Waals surface area contributed by atoms with Crippen molar-refractivity contribution < 1.29 is 14.6 Å². The highest BCUT2D eigenvalue weighted by Crippen LogP contribution is 2.28. The van der Waals surface area contributed by atoms with E-state index in [-0.39, 0.29) is 24.4 Å². The van der Waals surface area contributed by atoms with Gasteiger partial charge in [-0.15, -0.1) is 0 Å². The van der Waals surface area contributed by atoms with Crippen molar-refractivity contribution in [3.05, 3.63) is 17.5 Å². The van der Waals surface area contributed by atoms with Gasteiger partial charge in [0.2, 0.25) is 5.95 Å². The topological polar surface area (TPSA) is 105 Å². The molecule has 0 aromatic carbocycles. The molecule has 3 heterocycles. The zero-order chi connectivity index (χ0) is 20.1.